The van der Waals surface area contributed by atoms with Crippen molar-refractivity contribution in [1.29, 1.82) is 0 Å². The van der Waals surface area contributed by atoms with Gasteiger partial charge in [-0.2, -0.15) is 0 Å². The zero-order chi connectivity index (χ0) is 49.9. The number of hydrogen-bond acceptors (Lipinski definition) is 5. The van der Waals surface area contributed by atoms with E-state index >= 15 is 0 Å². The van der Waals surface area contributed by atoms with Gasteiger partial charge < -0.3 is 23.5 Å². The Morgan fingerprint density at radius 3 is 1.44 bits per heavy atom. The molecule has 15 rings (SSSR count). The van der Waals surface area contributed by atoms with Crippen LogP contribution in [-0.4, -0.2) is 4.40 Å². The van der Waals surface area contributed by atoms with E-state index in [0.717, 1.165) is 73.1 Å². The van der Waals surface area contributed by atoms with Crippen LogP contribution >= 0.6 is 11.3 Å². The van der Waals surface area contributed by atoms with E-state index in [0.29, 0.717) is 0 Å². The Morgan fingerprint density at radius 1 is 0.320 bits per heavy atom. The monoisotopic (exact) mass is 980 g/mol. The maximum absolute atomic E-state index is 6.67. The van der Waals surface area contributed by atoms with Crippen LogP contribution in [0.4, 0.5) is 51.2 Å². The molecule has 4 aromatic heterocycles. The fraction of sp³-hybridized carbons (Fsp3) is 0.0435. The Kier molecular flexibility index (Phi) is 9.72. The Hall–Kier alpha value is -9.36. The van der Waals surface area contributed by atoms with Gasteiger partial charge in [-0.1, -0.05) is 138 Å². The van der Waals surface area contributed by atoms with Crippen LogP contribution in [0, 0.1) is 20.8 Å². The van der Waals surface area contributed by atoms with E-state index < -0.39 is 0 Å². The van der Waals surface area contributed by atoms with Gasteiger partial charge in [0.15, 0.2) is 5.58 Å². The van der Waals surface area contributed by atoms with Crippen LogP contribution in [0.25, 0.3) is 80.2 Å². The molecule has 75 heavy (non-hydrogen) atoms. The van der Waals surface area contributed by atoms with Crippen LogP contribution in [0.3, 0.4) is 0 Å². The summed E-state index contributed by atoms with van der Waals surface area (Å²) in [5, 5.41) is 9.73. The van der Waals surface area contributed by atoms with Gasteiger partial charge >= 0.3 is 0 Å². The Morgan fingerprint density at radius 2 is 0.773 bits per heavy atom. The molecule has 0 amide bonds. The Bertz CT molecular complexity index is 4650. The number of aryl methyl sites for hydroxylation is 3. The van der Waals surface area contributed by atoms with Crippen molar-refractivity contribution in [3.05, 3.63) is 253 Å². The lowest BCUT2D eigenvalue weighted by atomic mass is 10.1. The minimum atomic E-state index is 0.871. The van der Waals surface area contributed by atoms with Crippen LogP contribution in [-0.2, 0) is 0 Å². The second-order valence-corrected chi connectivity index (χ2v) is 21.1. The van der Waals surface area contributed by atoms with Gasteiger partial charge in [0.05, 0.1) is 22.2 Å². The molecule has 5 nitrogen and oxygen atoms in total. The highest BCUT2D eigenvalue weighted by atomic mass is 32.1. The summed E-state index contributed by atoms with van der Waals surface area (Å²) >= 11 is 1.84. The Balaban J connectivity index is 0.908. The molecule has 0 saturated heterocycles. The first kappa shape index (κ1) is 43.2. The third-order valence-corrected chi connectivity index (χ3v) is 16.4. The number of anilines is 9. The predicted octanol–water partition coefficient (Wildman–Crippen LogP) is 20.4. The number of nitrogens with zero attached hydrogens (tertiary/aromatic N) is 4. The minimum Gasteiger partial charge on any atom is -0.454 e. The molecule has 4 heterocycles. The molecule has 15 aromatic rings. The van der Waals surface area contributed by atoms with Crippen molar-refractivity contribution in [3.8, 4) is 0 Å². The van der Waals surface area contributed by atoms with E-state index in [-0.39, 0.29) is 0 Å². The number of rotatable bonds is 9. The molecule has 0 unspecified atom stereocenters. The average molecular weight is 981 g/mol. The van der Waals surface area contributed by atoms with Crippen LogP contribution < -0.4 is 14.7 Å². The lowest BCUT2D eigenvalue weighted by molar-refractivity contribution is 0.669. The first-order valence-electron chi connectivity index (χ1n) is 25.6. The molecule has 0 saturated carbocycles. The summed E-state index contributed by atoms with van der Waals surface area (Å²) < 4.78 is 11.6. The van der Waals surface area contributed by atoms with Gasteiger partial charge in [0, 0.05) is 98.0 Å². The summed E-state index contributed by atoms with van der Waals surface area (Å²) in [6.45, 7) is 6.43. The molecule has 0 aliphatic rings. The molecule has 0 atom stereocenters. The smallest absolute Gasteiger partial charge is 0.159 e. The summed E-state index contributed by atoms with van der Waals surface area (Å²) in [4.78, 5) is 7.16. The molecular formula is C69H48N4OS. The third kappa shape index (κ3) is 6.91. The molecule has 0 spiro atoms. The number of furan rings is 1. The summed E-state index contributed by atoms with van der Waals surface area (Å²) in [5.74, 6) is 0. The van der Waals surface area contributed by atoms with Gasteiger partial charge in [0.1, 0.15) is 5.58 Å². The minimum absolute atomic E-state index is 0.871. The first-order valence-corrected chi connectivity index (χ1v) is 26.5. The highest BCUT2D eigenvalue weighted by Gasteiger charge is 2.24. The van der Waals surface area contributed by atoms with Crippen molar-refractivity contribution in [1.82, 2.24) is 4.40 Å². The van der Waals surface area contributed by atoms with Crippen LogP contribution in [0.1, 0.15) is 16.7 Å². The van der Waals surface area contributed by atoms with E-state index in [4.69, 9.17) is 4.42 Å². The van der Waals surface area contributed by atoms with Gasteiger partial charge in [-0.05, 0) is 136 Å². The molecule has 0 N–H and O–H groups in total. The standard InChI is InChI=1S/C69H48N4OS/c1-43-21-27-46(28-22-43)70(47-29-23-44(2)24-30-47)49-11-8-12-50(39-49)71(51-35-38-63-61(40-51)59-16-9-15-58-54-13-4-6-18-62(54)73(63)68(58)59)52-33-36-56-57-37-34-53(42-67(57)75-66(56)41-52)72(48-31-25-45(3)26-32-48)64-19-10-17-60-55-14-5-7-20-65(55)74-69(60)64/h4-42H,1-3H3. The average Bonchev–Trinajstić information content (AvgIpc) is 4.30. The van der Waals surface area contributed by atoms with Gasteiger partial charge in [0.25, 0.3) is 0 Å². The zero-order valence-corrected chi connectivity index (χ0v) is 42.4. The second kappa shape index (κ2) is 16.9. The van der Waals surface area contributed by atoms with Crippen molar-refractivity contribution in [2.24, 2.45) is 0 Å². The summed E-state index contributed by atoms with van der Waals surface area (Å²) in [6.07, 6.45) is 0. The van der Waals surface area contributed by atoms with Crippen molar-refractivity contribution >= 4 is 143 Å². The summed E-state index contributed by atoms with van der Waals surface area (Å²) in [6, 6.07) is 86.8. The second-order valence-electron chi connectivity index (χ2n) is 20.0. The topological polar surface area (TPSA) is 27.3 Å². The summed E-state index contributed by atoms with van der Waals surface area (Å²) in [7, 11) is 0. The maximum Gasteiger partial charge on any atom is 0.159 e. The van der Waals surface area contributed by atoms with Gasteiger partial charge in [-0.15, -0.1) is 11.3 Å². The first-order chi connectivity index (χ1) is 36.9. The Labute approximate surface area is 437 Å². The van der Waals surface area contributed by atoms with Gasteiger partial charge in [-0.3, -0.25) is 0 Å². The number of benzene rings is 11. The van der Waals surface area contributed by atoms with Crippen LogP contribution in [0.2, 0.25) is 0 Å². The normalized spacial score (nSPS) is 11.9. The van der Waals surface area contributed by atoms with E-state index in [1.165, 1.54) is 75.0 Å². The van der Waals surface area contributed by atoms with Gasteiger partial charge in [-0.25, -0.2) is 0 Å². The zero-order valence-electron chi connectivity index (χ0n) is 41.6. The van der Waals surface area contributed by atoms with Crippen molar-refractivity contribution < 1.29 is 4.42 Å². The van der Waals surface area contributed by atoms with E-state index in [1.54, 1.807) is 0 Å². The van der Waals surface area contributed by atoms with Gasteiger partial charge in [0.2, 0.25) is 0 Å². The van der Waals surface area contributed by atoms with Crippen molar-refractivity contribution in [2.45, 2.75) is 20.8 Å². The van der Waals surface area contributed by atoms with Crippen LogP contribution in [0.15, 0.2) is 241 Å². The summed E-state index contributed by atoms with van der Waals surface area (Å²) in [5.41, 5.74) is 18.8. The SMILES string of the molecule is Cc1ccc(N(c2ccc(C)cc2)c2cccc(N(c3ccc4c(c3)sc3cc(N(c5ccc(C)cc5)c5cccc6c5oc5ccccc56)ccc34)c3ccc4c(c3)c3cccc5c6ccccc6n4c53)c2)cc1. The lowest BCUT2D eigenvalue weighted by Gasteiger charge is -2.29. The molecule has 356 valence electrons. The molecule has 0 aliphatic carbocycles. The van der Waals surface area contributed by atoms with E-state index in [9.17, 15) is 0 Å². The van der Waals surface area contributed by atoms with Crippen molar-refractivity contribution in [3.63, 3.8) is 0 Å². The molecule has 6 heteroatoms. The number of para-hydroxylation sites is 4. The molecule has 0 bridgehead atoms. The molecule has 0 radical (unpaired) electrons. The number of aromatic nitrogens is 1. The fourth-order valence-corrected chi connectivity index (χ4v) is 12.8. The largest absolute Gasteiger partial charge is 0.454 e. The molecular weight excluding hydrogens is 933 g/mol. The molecule has 11 aromatic carbocycles. The molecule has 0 aliphatic heterocycles. The number of fused-ring (bicyclic) bond motifs is 12. The van der Waals surface area contributed by atoms with Crippen LogP contribution in [0.5, 0.6) is 0 Å². The highest BCUT2D eigenvalue weighted by molar-refractivity contribution is 7.25. The van der Waals surface area contributed by atoms with Crippen molar-refractivity contribution in [2.75, 3.05) is 14.7 Å². The van der Waals surface area contributed by atoms with E-state index in [2.05, 4.69) is 270 Å². The number of hydrogen-bond donors (Lipinski definition) is 0. The lowest BCUT2D eigenvalue weighted by Crippen LogP contribution is -2.13. The highest BCUT2D eigenvalue weighted by Crippen LogP contribution is 2.48. The quantitative estimate of drug-likeness (QED) is 0.144. The molecule has 0 fully saturated rings. The third-order valence-electron chi connectivity index (χ3n) is 15.3. The number of thiophene rings is 1. The maximum atomic E-state index is 6.67. The fourth-order valence-electron chi connectivity index (χ4n) is 11.7. The van der Waals surface area contributed by atoms with E-state index in [1.807, 2.05) is 17.4 Å². The predicted molar refractivity (Wildman–Crippen MR) is 320 cm³/mol.